The Morgan fingerprint density at radius 2 is 2.13 bits per heavy atom. The molecule has 0 aromatic carbocycles. The summed E-state index contributed by atoms with van der Waals surface area (Å²) in [5, 5.41) is 0. The van der Waals surface area contributed by atoms with Crippen LogP contribution in [0.4, 0.5) is 0 Å². The third kappa shape index (κ3) is 2.67. The highest BCUT2D eigenvalue weighted by molar-refractivity contribution is 5.87. The average Bonchev–Trinajstić information content (AvgIpc) is 2.17. The van der Waals surface area contributed by atoms with Crippen LogP contribution in [0, 0.1) is 0 Å². The van der Waals surface area contributed by atoms with E-state index in [0.29, 0.717) is 12.8 Å². The number of ether oxygens (including phenoxy) is 1. The van der Waals surface area contributed by atoms with Crippen LogP contribution in [0.25, 0.3) is 0 Å². The van der Waals surface area contributed by atoms with Crippen molar-refractivity contribution >= 4 is 11.8 Å². The molecule has 0 bridgehead atoms. The molecule has 1 rings (SSSR count). The minimum atomic E-state index is -0.884. The van der Waals surface area contributed by atoms with Gasteiger partial charge in [-0.2, -0.15) is 0 Å². The number of rotatable bonds is 3. The van der Waals surface area contributed by atoms with E-state index >= 15 is 0 Å². The van der Waals surface area contributed by atoms with E-state index in [2.05, 4.69) is 6.92 Å². The van der Waals surface area contributed by atoms with E-state index in [0.717, 1.165) is 12.8 Å². The molecule has 0 aliphatic heterocycles. The van der Waals surface area contributed by atoms with Gasteiger partial charge in [0.1, 0.15) is 0 Å². The van der Waals surface area contributed by atoms with Crippen molar-refractivity contribution in [1.82, 2.24) is 0 Å². The van der Waals surface area contributed by atoms with Gasteiger partial charge in [0, 0.05) is 13.3 Å². The van der Waals surface area contributed by atoms with Gasteiger partial charge < -0.3 is 4.74 Å². The summed E-state index contributed by atoms with van der Waals surface area (Å²) in [6.07, 6.45) is 5.05. The zero-order valence-corrected chi connectivity index (χ0v) is 9.63. The summed E-state index contributed by atoms with van der Waals surface area (Å²) < 4.78 is 5.20. The Morgan fingerprint density at radius 3 is 2.47 bits per heavy atom. The minimum absolute atomic E-state index is 0.0518. The van der Waals surface area contributed by atoms with E-state index in [1.54, 1.807) is 0 Å². The first-order valence-electron chi connectivity index (χ1n) is 5.38. The standard InChI is InChI=1S/C12H18O3/c1-4-11-5-7-12(8-6-11,9(2)13)15-10(3)14/h5H,4,6-8H2,1-3H3/t12-/m1/s1. The molecule has 3 nitrogen and oxygen atoms in total. The van der Waals surface area contributed by atoms with E-state index in [9.17, 15) is 9.59 Å². The highest BCUT2D eigenvalue weighted by Crippen LogP contribution is 2.33. The number of Topliss-reactive ketones (excluding diaryl/α,β-unsaturated/α-hetero) is 1. The van der Waals surface area contributed by atoms with Gasteiger partial charge in [-0.15, -0.1) is 0 Å². The number of ketones is 1. The number of esters is 1. The van der Waals surface area contributed by atoms with Gasteiger partial charge in [-0.25, -0.2) is 0 Å². The molecule has 0 amide bonds. The summed E-state index contributed by atoms with van der Waals surface area (Å²) in [6, 6.07) is 0. The highest BCUT2D eigenvalue weighted by Gasteiger charge is 2.39. The van der Waals surface area contributed by atoms with Crippen molar-refractivity contribution < 1.29 is 14.3 Å². The van der Waals surface area contributed by atoms with Crippen LogP contribution < -0.4 is 0 Å². The Balaban J connectivity index is 2.82. The molecular weight excluding hydrogens is 192 g/mol. The van der Waals surface area contributed by atoms with E-state index in [-0.39, 0.29) is 11.8 Å². The first kappa shape index (κ1) is 12.0. The molecule has 1 atom stereocenters. The molecule has 0 spiro atoms. The van der Waals surface area contributed by atoms with Crippen molar-refractivity contribution in [3.8, 4) is 0 Å². The highest BCUT2D eigenvalue weighted by atomic mass is 16.6. The van der Waals surface area contributed by atoms with Crippen LogP contribution in [0.5, 0.6) is 0 Å². The van der Waals surface area contributed by atoms with Gasteiger partial charge in [-0.05, 0) is 26.2 Å². The van der Waals surface area contributed by atoms with Crippen LogP contribution in [-0.4, -0.2) is 17.4 Å². The second kappa shape index (κ2) is 4.60. The van der Waals surface area contributed by atoms with Crippen molar-refractivity contribution in [3.63, 3.8) is 0 Å². The summed E-state index contributed by atoms with van der Waals surface area (Å²) in [5.41, 5.74) is 0.462. The zero-order chi connectivity index (χ0) is 11.5. The van der Waals surface area contributed by atoms with Gasteiger partial charge in [0.15, 0.2) is 11.4 Å². The second-order valence-corrected chi connectivity index (χ2v) is 4.06. The number of hydrogen-bond donors (Lipinski definition) is 0. The number of carbonyl (C=O) groups excluding carboxylic acids is 2. The molecule has 1 aliphatic rings. The molecule has 1 aliphatic carbocycles. The molecule has 0 heterocycles. The summed E-state index contributed by atoms with van der Waals surface area (Å²) >= 11 is 0. The average molecular weight is 210 g/mol. The second-order valence-electron chi connectivity index (χ2n) is 4.06. The van der Waals surface area contributed by atoms with Crippen LogP contribution in [0.2, 0.25) is 0 Å². The summed E-state index contributed by atoms with van der Waals surface area (Å²) in [5.74, 6) is -0.428. The van der Waals surface area contributed by atoms with E-state index in [1.165, 1.54) is 19.4 Å². The first-order chi connectivity index (χ1) is 7.00. The SMILES string of the molecule is CCC1=CC[C@](OC(C)=O)(C(C)=O)CC1. The molecule has 0 unspecified atom stereocenters. The van der Waals surface area contributed by atoms with Crippen molar-refractivity contribution in [3.05, 3.63) is 11.6 Å². The van der Waals surface area contributed by atoms with Crippen LogP contribution in [-0.2, 0) is 14.3 Å². The number of allylic oxidation sites excluding steroid dienone is 1. The predicted molar refractivity (Wildman–Crippen MR) is 57.4 cm³/mol. The van der Waals surface area contributed by atoms with Crippen molar-refractivity contribution in [1.29, 1.82) is 0 Å². The quantitative estimate of drug-likeness (QED) is 0.530. The molecule has 0 aromatic rings. The Labute approximate surface area is 90.5 Å². The summed E-state index contributed by atoms with van der Waals surface area (Å²) in [7, 11) is 0. The maximum absolute atomic E-state index is 11.5. The molecular formula is C12H18O3. The summed E-state index contributed by atoms with van der Waals surface area (Å²) in [4.78, 5) is 22.5. The van der Waals surface area contributed by atoms with Crippen LogP contribution in [0.15, 0.2) is 11.6 Å². The molecule has 0 saturated carbocycles. The van der Waals surface area contributed by atoms with Gasteiger partial charge in [0.2, 0.25) is 0 Å². The van der Waals surface area contributed by atoms with Gasteiger partial charge in [0.25, 0.3) is 0 Å². The molecule has 0 aromatic heterocycles. The van der Waals surface area contributed by atoms with Gasteiger partial charge in [0.05, 0.1) is 0 Å². The monoisotopic (exact) mass is 210 g/mol. The van der Waals surface area contributed by atoms with Crippen LogP contribution >= 0.6 is 0 Å². The molecule has 3 heteroatoms. The third-order valence-corrected chi connectivity index (χ3v) is 3.01. The fourth-order valence-electron chi connectivity index (χ4n) is 1.96. The molecule has 15 heavy (non-hydrogen) atoms. The molecule has 0 N–H and O–H groups in total. The topological polar surface area (TPSA) is 43.4 Å². The predicted octanol–water partition coefficient (Wildman–Crippen LogP) is 2.40. The van der Waals surface area contributed by atoms with E-state index < -0.39 is 5.60 Å². The molecule has 0 radical (unpaired) electrons. The lowest BCUT2D eigenvalue weighted by atomic mass is 9.82. The smallest absolute Gasteiger partial charge is 0.303 e. The number of carbonyl (C=O) groups is 2. The normalized spacial score (nSPS) is 25.7. The van der Waals surface area contributed by atoms with E-state index in [4.69, 9.17) is 4.74 Å². The lowest BCUT2D eigenvalue weighted by Gasteiger charge is -2.33. The lowest BCUT2D eigenvalue weighted by molar-refractivity contribution is -0.165. The lowest BCUT2D eigenvalue weighted by Crippen LogP contribution is -2.42. The van der Waals surface area contributed by atoms with Crippen LogP contribution in [0.3, 0.4) is 0 Å². The molecule has 84 valence electrons. The third-order valence-electron chi connectivity index (χ3n) is 3.01. The zero-order valence-electron chi connectivity index (χ0n) is 9.63. The van der Waals surface area contributed by atoms with Gasteiger partial charge in [-0.1, -0.05) is 18.6 Å². The van der Waals surface area contributed by atoms with Gasteiger partial charge >= 0.3 is 5.97 Å². The largest absolute Gasteiger partial charge is 0.451 e. The van der Waals surface area contributed by atoms with Gasteiger partial charge in [-0.3, -0.25) is 9.59 Å². The Bertz CT molecular complexity index is 304. The van der Waals surface area contributed by atoms with Crippen LogP contribution in [0.1, 0.15) is 46.5 Å². The first-order valence-corrected chi connectivity index (χ1v) is 5.38. The van der Waals surface area contributed by atoms with Crippen molar-refractivity contribution in [2.45, 2.75) is 52.1 Å². The maximum atomic E-state index is 11.5. The van der Waals surface area contributed by atoms with Crippen molar-refractivity contribution in [2.24, 2.45) is 0 Å². The Kier molecular flexibility index (Phi) is 3.66. The summed E-state index contributed by atoms with van der Waals surface area (Å²) in [6.45, 7) is 4.94. The molecule has 0 saturated heterocycles. The Hall–Kier alpha value is -1.12. The molecule has 0 fully saturated rings. The number of hydrogen-bond acceptors (Lipinski definition) is 3. The Morgan fingerprint density at radius 1 is 1.47 bits per heavy atom. The maximum Gasteiger partial charge on any atom is 0.303 e. The van der Waals surface area contributed by atoms with E-state index in [1.807, 2.05) is 6.08 Å². The minimum Gasteiger partial charge on any atom is -0.451 e. The fourth-order valence-corrected chi connectivity index (χ4v) is 1.96. The fraction of sp³-hybridized carbons (Fsp3) is 0.667. The van der Waals surface area contributed by atoms with Crippen molar-refractivity contribution in [2.75, 3.05) is 0 Å².